The first kappa shape index (κ1) is 29.6. The molecule has 3 amide bonds. The summed E-state index contributed by atoms with van der Waals surface area (Å²) in [5, 5.41) is 9.77. The number of carbonyl (C=O) groups excluding carboxylic acids is 3. The molecule has 6 rings (SSSR count). The SMILES string of the molecule is CC[C@@]12C=CCN(Cc3ccccc3)C(=O)[C@@H]1[C@H]1C(=O)N(CCCCCO)C3C(=O)N(c4ccccc4Cl)CC=C[C@@]31O2. The number of anilines is 1. The van der Waals surface area contributed by atoms with Gasteiger partial charge in [-0.2, -0.15) is 0 Å². The summed E-state index contributed by atoms with van der Waals surface area (Å²) in [6.45, 7) is 3.44. The number of hydrogen-bond acceptors (Lipinski definition) is 5. The van der Waals surface area contributed by atoms with E-state index in [2.05, 4.69) is 0 Å². The van der Waals surface area contributed by atoms with Crippen LogP contribution in [-0.2, 0) is 25.7 Å². The number of fused-ring (bicyclic) bond motifs is 2. The lowest BCUT2D eigenvalue weighted by Crippen LogP contribution is -2.56. The molecular formula is C34H38ClN3O5. The third kappa shape index (κ3) is 4.89. The number of hydrogen-bond donors (Lipinski definition) is 1. The number of rotatable bonds is 9. The van der Waals surface area contributed by atoms with E-state index < -0.39 is 29.1 Å². The molecule has 2 aromatic rings. The number of likely N-dealkylation sites (tertiary alicyclic amines) is 1. The summed E-state index contributed by atoms with van der Waals surface area (Å²) in [5.74, 6) is -2.31. The number of benzene rings is 2. The van der Waals surface area contributed by atoms with E-state index in [1.165, 1.54) is 0 Å². The number of para-hydroxylation sites is 1. The average molecular weight is 604 g/mol. The van der Waals surface area contributed by atoms with E-state index >= 15 is 0 Å². The zero-order valence-corrected chi connectivity index (χ0v) is 25.2. The van der Waals surface area contributed by atoms with Crippen LogP contribution in [0.3, 0.4) is 0 Å². The molecule has 0 saturated carbocycles. The average Bonchev–Trinajstić information content (AvgIpc) is 3.30. The Morgan fingerprint density at radius 2 is 1.63 bits per heavy atom. The van der Waals surface area contributed by atoms with Crippen molar-refractivity contribution < 1.29 is 24.2 Å². The van der Waals surface area contributed by atoms with E-state index in [0.717, 1.165) is 5.56 Å². The molecule has 0 radical (unpaired) electrons. The molecule has 0 bridgehead atoms. The fourth-order valence-corrected chi connectivity index (χ4v) is 7.69. The van der Waals surface area contributed by atoms with Crippen molar-refractivity contribution in [2.45, 2.75) is 56.4 Å². The highest BCUT2D eigenvalue weighted by molar-refractivity contribution is 6.34. The zero-order chi connectivity index (χ0) is 30.2. The minimum absolute atomic E-state index is 0.0637. The van der Waals surface area contributed by atoms with Crippen LogP contribution in [-0.4, -0.2) is 76.1 Å². The number of aliphatic hydroxyl groups is 1. The number of halogens is 1. The van der Waals surface area contributed by atoms with Gasteiger partial charge in [0.2, 0.25) is 11.8 Å². The Kier molecular flexibility index (Phi) is 8.20. The van der Waals surface area contributed by atoms with Gasteiger partial charge in [0.15, 0.2) is 0 Å². The van der Waals surface area contributed by atoms with Gasteiger partial charge in [-0.1, -0.05) is 85.3 Å². The first-order chi connectivity index (χ1) is 20.9. The number of nitrogens with zero attached hydrogens (tertiary/aromatic N) is 3. The first-order valence-electron chi connectivity index (χ1n) is 15.2. The molecule has 5 atom stereocenters. The largest absolute Gasteiger partial charge is 0.396 e. The summed E-state index contributed by atoms with van der Waals surface area (Å²) >= 11 is 6.56. The van der Waals surface area contributed by atoms with Gasteiger partial charge in [-0.05, 0) is 43.4 Å². The van der Waals surface area contributed by atoms with Crippen LogP contribution >= 0.6 is 11.6 Å². The summed E-state index contributed by atoms with van der Waals surface area (Å²) in [6, 6.07) is 16.0. The second-order valence-electron chi connectivity index (χ2n) is 11.8. The normalized spacial score (nSPS) is 29.9. The first-order valence-corrected chi connectivity index (χ1v) is 15.6. The van der Waals surface area contributed by atoms with Crippen LogP contribution in [0.25, 0.3) is 0 Å². The van der Waals surface area contributed by atoms with Crippen LogP contribution in [0.15, 0.2) is 78.9 Å². The van der Waals surface area contributed by atoms with Gasteiger partial charge >= 0.3 is 0 Å². The highest BCUT2D eigenvalue weighted by Crippen LogP contribution is 2.58. The fourth-order valence-electron chi connectivity index (χ4n) is 7.45. The lowest BCUT2D eigenvalue weighted by atomic mass is 9.73. The van der Waals surface area contributed by atoms with Crippen molar-refractivity contribution in [2.75, 3.05) is 31.1 Å². The van der Waals surface area contributed by atoms with Gasteiger partial charge in [-0.3, -0.25) is 14.4 Å². The van der Waals surface area contributed by atoms with Crippen LogP contribution in [0.1, 0.15) is 38.2 Å². The molecule has 226 valence electrons. The van der Waals surface area contributed by atoms with Crippen LogP contribution in [0.2, 0.25) is 5.02 Å². The summed E-state index contributed by atoms with van der Waals surface area (Å²) in [6.07, 6.45) is 10.1. The van der Waals surface area contributed by atoms with E-state index in [1.54, 1.807) is 26.8 Å². The Labute approximate surface area is 257 Å². The van der Waals surface area contributed by atoms with Crippen molar-refractivity contribution in [3.63, 3.8) is 0 Å². The molecule has 43 heavy (non-hydrogen) atoms. The van der Waals surface area contributed by atoms with Crippen LogP contribution in [0, 0.1) is 11.8 Å². The Balaban J connectivity index is 1.43. The minimum Gasteiger partial charge on any atom is -0.396 e. The number of ether oxygens (including phenoxy) is 1. The smallest absolute Gasteiger partial charge is 0.253 e. The minimum atomic E-state index is -1.32. The Morgan fingerprint density at radius 3 is 2.37 bits per heavy atom. The topological polar surface area (TPSA) is 90.4 Å². The van der Waals surface area contributed by atoms with E-state index in [4.69, 9.17) is 16.3 Å². The summed E-state index contributed by atoms with van der Waals surface area (Å²) in [4.78, 5) is 48.8. The molecule has 2 aromatic carbocycles. The maximum absolute atomic E-state index is 14.6. The third-order valence-corrected chi connectivity index (χ3v) is 9.76. The molecule has 1 unspecified atom stereocenters. The van der Waals surface area contributed by atoms with E-state index in [0.29, 0.717) is 56.0 Å². The van der Waals surface area contributed by atoms with Crippen molar-refractivity contribution in [3.8, 4) is 0 Å². The van der Waals surface area contributed by atoms with Gasteiger partial charge in [-0.15, -0.1) is 0 Å². The second kappa shape index (κ2) is 11.9. The maximum Gasteiger partial charge on any atom is 0.253 e. The maximum atomic E-state index is 14.6. The highest BCUT2D eigenvalue weighted by atomic mass is 35.5. The summed E-state index contributed by atoms with van der Waals surface area (Å²) < 4.78 is 7.06. The quantitative estimate of drug-likeness (QED) is 0.340. The lowest BCUT2D eigenvalue weighted by Gasteiger charge is -2.38. The molecular weight excluding hydrogens is 566 g/mol. The standard InChI is InChI=1S/C34H38ClN3O5/c1-2-33-17-11-19-36(23-24-13-5-3-6-14-24)30(40)27(33)28-31(41)38(20-9-4-10-22-39)29-32(42)37(21-12-18-34(28,29)43-33)26-16-8-7-15-25(26)35/h3,5-8,11-18,27-29,39H,2,4,9-10,19-23H2,1H3/t27-,28-,29?,33+,34-/m0/s1. The molecule has 4 aliphatic heterocycles. The molecule has 9 heteroatoms. The number of aliphatic hydroxyl groups excluding tert-OH is 1. The number of amides is 3. The predicted octanol–water partition coefficient (Wildman–Crippen LogP) is 4.37. The monoisotopic (exact) mass is 603 g/mol. The third-order valence-electron chi connectivity index (χ3n) is 9.44. The molecule has 2 fully saturated rings. The summed E-state index contributed by atoms with van der Waals surface area (Å²) in [5.41, 5.74) is -0.788. The Hall–Kier alpha value is -3.46. The fraction of sp³-hybridized carbons (Fsp3) is 0.441. The van der Waals surface area contributed by atoms with Gasteiger partial charge in [0.05, 0.1) is 28.1 Å². The number of carbonyl (C=O) groups is 3. The van der Waals surface area contributed by atoms with Crippen molar-refractivity contribution in [2.24, 2.45) is 11.8 Å². The predicted molar refractivity (Wildman–Crippen MR) is 164 cm³/mol. The van der Waals surface area contributed by atoms with E-state index in [-0.39, 0.29) is 30.9 Å². The van der Waals surface area contributed by atoms with E-state index in [9.17, 15) is 19.5 Å². The van der Waals surface area contributed by atoms with Crippen molar-refractivity contribution >= 4 is 35.0 Å². The summed E-state index contributed by atoms with van der Waals surface area (Å²) in [7, 11) is 0. The zero-order valence-electron chi connectivity index (χ0n) is 24.4. The van der Waals surface area contributed by atoms with Crippen LogP contribution in [0.4, 0.5) is 5.69 Å². The van der Waals surface area contributed by atoms with Crippen molar-refractivity contribution in [1.29, 1.82) is 0 Å². The number of unbranched alkanes of at least 4 members (excludes halogenated alkanes) is 2. The van der Waals surface area contributed by atoms with Gasteiger partial charge in [0, 0.05) is 32.8 Å². The Bertz CT molecular complexity index is 1450. The molecule has 0 aromatic heterocycles. The van der Waals surface area contributed by atoms with Crippen molar-refractivity contribution in [1.82, 2.24) is 9.80 Å². The molecule has 1 spiro atoms. The molecule has 8 nitrogen and oxygen atoms in total. The second-order valence-corrected chi connectivity index (χ2v) is 12.3. The van der Waals surface area contributed by atoms with Gasteiger partial charge in [0.25, 0.3) is 5.91 Å². The van der Waals surface area contributed by atoms with Gasteiger partial charge in [-0.25, -0.2) is 0 Å². The van der Waals surface area contributed by atoms with Crippen LogP contribution < -0.4 is 4.90 Å². The van der Waals surface area contributed by atoms with Gasteiger partial charge < -0.3 is 24.5 Å². The molecule has 2 saturated heterocycles. The molecule has 0 aliphatic carbocycles. The molecule has 4 aliphatic rings. The van der Waals surface area contributed by atoms with E-state index in [1.807, 2.05) is 73.7 Å². The van der Waals surface area contributed by atoms with Gasteiger partial charge in [0.1, 0.15) is 11.6 Å². The Morgan fingerprint density at radius 1 is 0.884 bits per heavy atom. The van der Waals surface area contributed by atoms with Crippen molar-refractivity contribution in [3.05, 3.63) is 89.5 Å². The lowest BCUT2D eigenvalue weighted by molar-refractivity contribution is -0.150. The molecule has 4 heterocycles. The highest BCUT2D eigenvalue weighted by Gasteiger charge is 2.75. The molecule has 1 N–H and O–H groups in total. The van der Waals surface area contributed by atoms with Crippen LogP contribution in [0.5, 0.6) is 0 Å².